The molecule has 1 aromatic carbocycles. The second-order valence-corrected chi connectivity index (χ2v) is 5.99. The highest BCUT2D eigenvalue weighted by molar-refractivity contribution is 6.30. The summed E-state index contributed by atoms with van der Waals surface area (Å²) in [5.41, 5.74) is 0.983. The highest BCUT2D eigenvalue weighted by Gasteiger charge is 2.24. The SMILES string of the molecule is CC(CCCO)NC(=O)C(c1ccc(Cl)cc1)C(C)C. The zero-order chi connectivity index (χ0) is 15.1. The Morgan fingerprint density at radius 1 is 1.25 bits per heavy atom. The summed E-state index contributed by atoms with van der Waals surface area (Å²) in [5.74, 6) is 0.0674. The Bertz CT molecular complexity index is 417. The van der Waals surface area contributed by atoms with Crippen LogP contribution in [0.3, 0.4) is 0 Å². The summed E-state index contributed by atoms with van der Waals surface area (Å²) in [7, 11) is 0. The van der Waals surface area contributed by atoms with Gasteiger partial charge in [0, 0.05) is 17.7 Å². The summed E-state index contributed by atoms with van der Waals surface area (Å²) in [6, 6.07) is 7.52. The summed E-state index contributed by atoms with van der Waals surface area (Å²) >= 11 is 5.89. The minimum absolute atomic E-state index is 0.0350. The van der Waals surface area contributed by atoms with Gasteiger partial charge in [0.25, 0.3) is 0 Å². The van der Waals surface area contributed by atoms with Crippen LogP contribution >= 0.6 is 11.6 Å². The van der Waals surface area contributed by atoms with Crippen LogP contribution in [0, 0.1) is 5.92 Å². The van der Waals surface area contributed by atoms with E-state index in [9.17, 15) is 4.79 Å². The van der Waals surface area contributed by atoms with Crippen LogP contribution in [0.15, 0.2) is 24.3 Å². The molecule has 2 unspecified atom stereocenters. The number of nitrogens with one attached hydrogen (secondary N) is 1. The number of aliphatic hydroxyl groups excluding tert-OH is 1. The lowest BCUT2D eigenvalue weighted by molar-refractivity contribution is -0.124. The van der Waals surface area contributed by atoms with Gasteiger partial charge in [-0.25, -0.2) is 0 Å². The zero-order valence-electron chi connectivity index (χ0n) is 12.4. The molecule has 3 nitrogen and oxygen atoms in total. The van der Waals surface area contributed by atoms with Crippen LogP contribution in [0.4, 0.5) is 0 Å². The van der Waals surface area contributed by atoms with Crippen LogP contribution in [-0.4, -0.2) is 23.7 Å². The average molecular weight is 298 g/mol. The number of hydrogen-bond donors (Lipinski definition) is 2. The maximum Gasteiger partial charge on any atom is 0.228 e. The fraction of sp³-hybridized carbons (Fsp3) is 0.562. The fourth-order valence-electron chi connectivity index (χ4n) is 2.31. The van der Waals surface area contributed by atoms with Gasteiger partial charge in [-0.3, -0.25) is 4.79 Å². The molecule has 0 spiro atoms. The number of benzene rings is 1. The maximum absolute atomic E-state index is 12.4. The number of rotatable bonds is 7. The number of carbonyl (C=O) groups excluding carboxylic acids is 1. The molecule has 1 aromatic rings. The van der Waals surface area contributed by atoms with Gasteiger partial charge in [-0.15, -0.1) is 0 Å². The van der Waals surface area contributed by atoms with E-state index < -0.39 is 0 Å². The highest BCUT2D eigenvalue weighted by atomic mass is 35.5. The van der Waals surface area contributed by atoms with Gasteiger partial charge in [-0.2, -0.15) is 0 Å². The van der Waals surface area contributed by atoms with Gasteiger partial charge in [0.1, 0.15) is 0 Å². The molecule has 20 heavy (non-hydrogen) atoms. The molecule has 0 saturated carbocycles. The van der Waals surface area contributed by atoms with Crippen molar-refractivity contribution < 1.29 is 9.90 Å². The quantitative estimate of drug-likeness (QED) is 0.811. The van der Waals surface area contributed by atoms with Gasteiger partial charge in [0.15, 0.2) is 0 Å². The van der Waals surface area contributed by atoms with Gasteiger partial charge < -0.3 is 10.4 Å². The molecule has 0 heterocycles. The molecule has 1 amide bonds. The third-order valence-corrected chi connectivity index (χ3v) is 3.61. The summed E-state index contributed by atoms with van der Waals surface area (Å²) in [5, 5.41) is 12.5. The smallest absolute Gasteiger partial charge is 0.228 e. The highest BCUT2D eigenvalue weighted by Crippen LogP contribution is 2.26. The topological polar surface area (TPSA) is 49.3 Å². The minimum atomic E-state index is -0.177. The number of hydrogen-bond acceptors (Lipinski definition) is 2. The first-order chi connectivity index (χ1) is 9.45. The first-order valence-electron chi connectivity index (χ1n) is 7.12. The lowest BCUT2D eigenvalue weighted by Gasteiger charge is -2.23. The maximum atomic E-state index is 12.4. The summed E-state index contributed by atoms with van der Waals surface area (Å²) in [6.07, 6.45) is 1.49. The Morgan fingerprint density at radius 3 is 2.35 bits per heavy atom. The lowest BCUT2D eigenvalue weighted by Crippen LogP contribution is -2.38. The summed E-state index contributed by atoms with van der Waals surface area (Å²) in [6.45, 7) is 6.20. The normalized spacial score (nSPS) is 14.1. The third kappa shape index (κ3) is 5.14. The van der Waals surface area contributed by atoms with Crippen molar-refractivity contribution in [2.24, 2.45) is 5.92 Å². The van der Waals surface area contributed by atoms with E-state index in [4.69, 9.17) is 16.7 Å². The van der Waals surface area contributed by atoms with Crippen LogP contribution in [-0.2, 0) is 4.79 Å². The van der Waals surface area contributed by atoms with E-state index in [1.165, 1.54) is 0 Å². The Labute approximate surface area is 126 Å². The van der Waals surface area contributed by atoms with E-state index >= 15 is 0 Å². The number of carbonyl (C=O) groups is 1. The van der Waals surface area contributed by atoms with Crippen LogP contribution in [0.25, 0.3) is 0 Å². The largest absolute Gasteiger partial charge is 0.396 e. The van der Waals surface area contributed by atoms with Gasteiger partial charge in [-0.05, 0) is 43.4 Å². The van der Waals surface area contributed by atoms with Crippen molar-refractivity contribution in [2.45, 2.75) is 45.6 Å². The predicted octanol–water partition coefficient (Wildman–Crippen LogP) is 3.36. The number of amides is 1. The van der Waals surface area contributed by atoms with Crippen molar-refractivity contribution in [3.8, 4) is 0 Å². The zero-order valence-corrected chi connectivity index (χ0v) is 13.2. The predicted molar refractivity (Wildman–Crippen MR) is 83.0 cm³/mol. The molecule has 1 rings (SSSR count). The molecular weight excluding hydrogens is 274 g/mol. The molecule has 0 bridgehead atoms. The van der Waals surface area contributed by atoms with Gasteiger partial charge in [0.2, 0.25) is 5.91 Å². The molecule has 2 atom stereocenters. The number of aliphatic hydroxyl groups is 1. The van der Waals surface area contributed by atoms with E-state index in [0.717, 1.165) is 12.0 Å². The summed E-state index contributed by atoms with van der Waals surface area (Å²) in [4.78, 5) is 12.4. The molecule has 0 aliphatic carbocycles. The van der Waals surface area contributed by atoms with E-state index in [1.54, 1.807) is 0 Å². The van der Waals surface area contributed by atoms with Crippen molar-refractivity contribution in [3.05, 3.63) is 34.9 Å². The fourth-order valence-corrected chi connectivity index (χ4v) is 2.44. The molecule has 0 aliphatic heterocycles. The molecular formula is C16H24ClNO2. The standard InChI is InChI=1S/C16H24ClNO2/c1-11(2)15(13-6-8-14(17)9-7-13)16(20)18-12(3)5-4-10-19/h6-9,11-12,15,19H,4-5,10H2,1-3H3,(H,18,20). The van der Waals surface area contributed by atoms with Gasteiger partial charge in [-0.1, -0.05) is 37.6 Å². The molecule has 2 N–H and O–H groups in total. The summed E-state index contributed by atoms with van der Waals surface area (Å²) < 4.78 is 0. The molecule has 0 aliphatic rings. The molecule has 112 valence electrons. The lowest BCUT2D eigenvalue weighted by atomic mass is 9.87. The Balaban J connectivity index is 2.75. The second kappa shape index (κ2) is 8.28. The van der Waals surface area contributed by atoms with Crippen LogP contribution in [0.2, 0.25) is 5.02 Å². The van der Waals surface area contributed by atoms with Gasteiger partial charge >= 0.3 is 0 Å². The second-order valence-electron chi connectivity index (χ2n) is 5.55. The number of halogens is 1. The first kappa shape index (κ1) is 17.0. The van der Waals surface area contributed by atoms with Gasteiger partial charge in [0.05, 0.1) is 5.92 Å². The molecule has 0 aromatic heterocycles. The first-order valence-corrected chi connectivity index (χ1v) is 7.50. The van der Waals surface area contributed by atoms with Crippen molar-refractivity contribution >= 4 is 17.5 Å². The van der Waals surface area contributed by atoms with E-state index in [2.05, 4.69) is 5.32 Å². The minimum Gasteiger partial charge on any atom is -0.396 e. The van der Waals surface area contributed by atoms with Crippen LogP contribution in [0.1, 0.15) is 45.1 Å². The van der Waals surface area contributed by atoms with E-state index in [1.807, 2.05) is 45.0 Å². The molecule has 0 fully saturated rings. The van der Waals surface area contributed by atoms with Crippen LogP contribution in [0.5, 0.6) is 0 Å². The van der Waals surface area contributed by atoms with Crippen molar-refractivity contribution in [2.75, 3.05) is 6.61 Å². The van der Waals surface area contributed by atoms with Crippen molar-refractivity contribution in [1.82, 2.24) is 5.32 Å². The Hall–Kier alpha value is -1.06. The van der Waals surface area contributed by atoms with E-state index in [-0.39, 0.29) is 30.4 Å². The Kier molecular flexibility index (Phi) is 7.03. The Morgan fingerprint density at radius 2 is 1.85 bits per heavy atom. The molecule has 4 heteroatoms. The molecule has 0 saturated heterocycles. The van der Waals surface area contributed by atoms with Crippen molar-refractivity contribution in [3.63, 3.8) is 0 Å². The van der Waals surface area contributed by atoms with Crippen molar-refractivity contribution in [1.29, 1.82) is 0 Å². The van der Waals surface area contributed by atoms with Crippen LogP contribution < -0.4 is 5.32 Å². The monoisotopic (exact) mass is 297 g/mol. The van der Waals surface area contributed by atoms with E-state index in [0.29, 0.717) is 11.4 Å². The third-order valence-electron chi connectivity index (χ3n) is 3.36. The average Bonchev–Trinajstić information content (AvgIpc) is 2.38. The molecule has 0 radical (unpaired) electrons.